The number of piperazine rings is 1. The summed E-state index contributed by atoms with van der Waals surface area (Å²) in [5, 5.41) is 12.6. The summed E-state index contributed by atoms with van der Waals surface area (Å²) in [6, 6.07) is 15.5. The van der Waals surface area contributed by atoms with Crippen molar-refractivity contribution in [1.29, 1.82) is 0 Å². The molecule has 2 N–H and O–H groups in total. The Kier molecular flexibility index (Phi) is 4.33. The Labute approximate surface area is 140 Å². The maximum Gasteiger partial charge on any atom is 0.268 e. The van der Waals surface area contributed by atoms with E-state index in [-0.39, 0.29) is 24.0 Å². The zero-order valence-electron chi connectivity index (χ0n) is 13.3. The molecule has 2 aromatic carbocycles. The third-order valence-corrected chi connectivity index (χ3v) is 4.05. The minimum Gasteiger partial charge on any atom is -0.508 e. The van der Waals surface area contributed by atoms with Crippen LogP contribution in [-0.2, 0) is 16.0 Å². The van der Waals surface area contributed by atoms with Gasteiger partial charge in [-0.15, -0.1) is 0 Å². The van der Waals surface area contributed by atoms with Crippen molar-refractivity contribution in [2.24, 2.45) is 0 Å². The summed E-state index contributed by atoms with van der Waals surface area (Å²) < 4.78 is 0. The minimum absolute atomic E-state index is 0.118. The van der Waals surface area contributed by atoms with Crippen LogP contribution in [0.2, 0.25) is 0 Å². The molecular formula is C19H18N2O3. The number of likely N-dealkylation sites (N-methyl/N-ethyl adjacent to an activating group) is 1. The molecule has 122 valence electrons. The number of carbonyl (C=O) groups excluding carboxylic acids is 2. The summed E-state index contributed by atoms with van der Waals surface area (Å²) in [7, 11) is 1.59. The van der Waals surface area contributed by atoms with Gasteiger partial charge in [-0.25, -0.2) is 0 Å². The number of hydrogen-bond acceptors (Lipinski definition) is 3. The molecule has 0 radical (unpaired) electrons. The van der Waals surface area contributed by atoms with E-state index < -0.39 is 6.04 Å². The van der Waals surface area contributed by atoms with E-state index in [9.17, 15) is 14.7 Å². The van der Waals surface area contributed by atoms with Gasteiger partial charge in [-0.3, -0.25) is 9.59 Å². The van der Waals surface area contributed by atoms with Crippen LogP contribution in [0.25, 0.3) is 6.08 Å². The van der Waals surface area contributed by atoms with Gasteiger partial charge in [0.2, 0.25) is 5.91 Å². The molecule has 24 heavy (non-hydrogen) atoms. The van der Waals surface area contributed by atoms with Gasteiger partial charge in [0.15, 0.2) is 0 Å². The van der Waals surface area contributed by atoms with Crippen LogP contribution in [0.5, 0.6) is 5.75 Å². The van der Waals surface area contributed by atoms with E-state index in [1.54, 1.807) is 37.4 Å². The minimum atomic E-state index is -0.691. The Balaban J connectivity index is 1.82. The summed E-state index contributed by atoms with van der Waals surface area (Å²) in [6.07, 6.45) is 1.93. The number of nitrogens with one attached hydrogen (secondary N) is 1. The molecule has 0 bridgehead atoms. The maximum absolute atomic E-state index is 12.6. The van der Waals surface area contributed by atoms with E-state index in [0.29, 0.717) is 11.3 Å². The van der Waals surface area contributed by atoms with Crippen LogP contribution < -0.4 is 5.32 Å². The zero-order chi connectivity index (χ0) is 17.1. The fourth-order valence-corrected chi connectivity index (χ4v) is 2.71. The van der Waals surface area contributed by atoms with Crippen molar-refractivity contribution in [2.45, 2.75) is 12.5 Å². The summed E-state index contributed by atoms with van der Waals surface area (Å²) in [5.41, 5.74) is 1.78. The molecule has 1 heterocycles. The lowest BCUT2D eigenvalue weighted by Gasteiger charge is -2.32. The van der Waals surface area contributed by atoms with Gasteiger partial charge in [-0.1, -0.05) is 48.5 Å². The number of phenolic OH excluding ortho intramolecular Hbond substituents is 1. The van der Waals surface area contributed by atoms with Gasteiger partial charge < -0.3 is 15.3 Å². The van der Waals surface area contributed by atoms with Gasteiger partial charge >= 0.3 is 0 Å². The molecule has 2 amide bonds. The summed E-state index contributed by atoms with van der Waals surface area (Å²) in [5.74, 6) is -0.394. The summed E-state index contributed by atoms with van der Waals surface area (Å²) >= 11 is 0. The number of amides is 2. The number of carbonyl (C=O) groups is 2. The van der Waals surface area contributed by atoms with Gasteiger partial charge in [-0.2, -0.15) is 0 Å². The van der Waals surface area contributed by atoms with Gasteiger partial charge in [0.25, 0.3) is 5.91 Å². The Morgan fingerprint density at radius 2 is 1.75 bits per heavy atom. The molecule has 2 aromatic rings. The zero-order valence-corrected chi connectivity index (χ0v) is 13.3. The van der Waals surface area contributed by atoms with Gasteiger partial charge in [0, 0.05) is 13.5 Å². The molecular weight excluding hydrogens is 304 g/mol. The first-order chi connectivity index (χ1) is 11.6. The first kappa shape index (κ1) is 15.8. The molecule has 3 rings (SSSR count). The fraction of sp³-hybridized carbons (Fsp3) is 0.158. The molecule has 0 aliphatic carbocycles. The van der Waals surface area contributed by atoms with Crippen molar-refractivity contribution < 1.29 is 14.7 Å². The average Bonchev–Trinajstić information content (AvgIpc) is 2.59. The topological polar surface area (TPSA) is 69.6 Å². The van der Waals surface area contributed by atoms with Crippen molar-refractivity contribution in [3.05, 3.63) is 71.4 Å². The highest BCUT2D eigenvalue weighted by Gasteiger charge is 2.34. The second kappa shape index (κ2) is 6.58. The van der Waals surface area contributed by atoms with Crippen LogP contribution in [-0.4, -0.2) is 34.9 Å². The quantitative estimate of drug-likeness (QED) is 0.849. The van der Waals surface area contributed by atoms with Crippen molar-refractivity contribution in [1.82, 2.24) is 10.2 Å². The van der Waals surface area contributed by atoms with Crippen molar-refractivity contribution in [2.75, 3.05) is 7.05 Å². The largest absolute Gasteiger partial charge is 0.508 e. The van der Waals surface area contributed by atoms with Crippen LogP contribution in [0.3, 0.4) is 0 Å². The number of aromatic hydroxyl groups is 1. The highest BCUT2D eigenvalue weighted by Crippen LogP contribution is 2.21. The van der Waals surface area contributed by atoms with Gasteiger partial charge in [-0.05, 0) is 23.3 Å². The molecule has 1 saturated heterocycles. The third kappa shape index (κ3) is 3.15. The number of para-hydroxylation sites is 1. The van der Waals surface area contributed by atoms with Gasteiger partial charge in [0.05, 0.1) is 0 Å². The lowest BCUT2D eigenvalue weighted by molar-refractivity contribution is -0.138. The highest BCUT2D eigenvalue weighted by atomic mass is 16.3. The Morgan fingerprint density at radius 1 is 1.08 bits per heavy atom. The monoisotopic (exact) mass is 322 g/mol. The standard InChI is InChI=1S/C19H18N2O3/c1-21-16(11-13-7-3-2-4-8-13)18(23)20-15(19(21)24)12-14-9-5-6-10-17(14)22/h2-11,15,22H,12H2,1H3,(H,20,23)/b16-11-/t15-/m1/s1. The molecule has 1 atom stereocenters. The molecule has 5 heteroatoms. The summed E-state index contributed by atoms with van der Waals surface area (Å²) in [6.45, 7) is 0. The van der Waals surface area contributed by atoms with Crippen molar-refractivity contribution in [3.63, 3.8) is 0 Å². The molecule has 0 spiro atoms. The lowest BCUT2D eigenvalue weighted by atomic mass is 10.0. The molecule has 1 aliphatic rings. The number of nitrogens with zero attached hydrogens (tertiary/aromatic N) is 1. The number of benzene rings is 2. The third-order valence-electron chi connectivity index (χ3n) is 4.05. The van der Waals surface area contributed by atoms with Crippen LogP contribution in [0.15, 0.2) is 60.3 Å². The fourth-order valence-electron chi connectivity index (χ4n) is 2.71. The normalized spacial score (nSPS) is 19.5. The predicted molar refractivity (Wildman–Crippen MR) is 90.9 cm³/mol. The average molecular weight is 322 g/mol. The molecule has 0 saturated carbocycles. The Bertz CT molecular complexity index is 799. The molecule has 0 aromatic heterocycles. The van der Waals surface area contributed by atoms with Crippen LogP contribution in [0.1, 0.15) is 11.1 Å². The molecule has 1 fully saturated rings. The Morgan fingerprint density at radius 3 is 2.46 bits per heavy atom. The first-order valence-corrected chi connectivity index (χ1v) is 7.68. The Hall–Kier alpha value is -3.08. The highest BCUT2D eigenvalue weighted by molar-refractivity contribution is 6.07. The van der Waals surface area contributed by atoms with Crippen LogP contribution in [0, 0.1) is 0 Å². The second-order valence-electron chi connectivity index (χ2n) is 5.70. The SMILES string of the molecule is CN1C(=O)[C@@H](Cc2ccccc2O)NC(=O)/C1=C/c1ccccc1. The van der Waals surface area contributed by atoms with E-state index in [2.05, 4.69) is 5.32 Å². The van der Waals surface area contributed by atoms with Crippen LogP contribution >= 0.6 is 0 Å². The first-order valence-electron chi connectivity index (χ1n) is 7.68. The number of phenols is 1. The second-order valence-corrected chi connectivity index (χ2v) is 5.70. The predicted octanol–water partition coefficient (Wildman–Crippen LogP) is 1.93. The number of rotatable bonds is 3. The smallest absolute Gasteiger partial charge is 0.268 e. The van der Waals surface area contributed by atoms with Crippen molar-refractivity contribution >= 4 is 17.9 Å². The summed E-state index contributed by atoms with van der Waals surface area (Å²) in [4.78, 5) is 26.4. The van der Waals surface area contributed by atoms with Crippen LogP contribution in [0.4, 0.5) is 0 Å². The van der Waals surface area contributed by atoms with E-state index in [0.717, 1.165) is 5.56 Å². The maximum atomic E-state index is 12.6. The van der Waals surface area contributed by atoms with E-state index in [1.807, 2.05) is 30.3 Å². The molecule has 5 nitrogen and oxygen atoms in total. The van der Waals surface area contributed by atoms with E-state index in [4.69, 9.17) is 0 Å². The van der Waals surface area contributed by atoms with Crippen molar-refractivity contribution in [3.8, 4) is 5.75 Å². The molecule has 1 aliphatic heterocycles. The van der Waals surface area contributed by atoms with E-state index >= 15 is 0 Å². The molecule has 0 unspecified atom stereocenters. The number of hydrogen-bond donors (Lipinski definition) is 2. The lowest BCUT2D eigenvalue weighted by Crippen LogP contribution is -2.56. The van der Waals surface area contributed by atoms with Gasteiger partial charge in [0.1, 0.15) is 17.5 Å². The van der Waals surface area contributed by atoms with E-state index in [1.165, 1.54) is 4.90 Å².